The quantitative estimate of drug-likeness (QED) is 0.846. The summed E-state index contributed by atoms with van der Waals surface area (Å²) < 4.78 is 12.1. The molecule has 1 fully saturated rings. The predicted octanol–water partition coefficient (Wildman–Crippen LogP) is 1.77. The van der Waals surface area contributed by atoms with Crippen molar-refractivity contribution < 1.29 is 9.31 Å². The number of rotatable bonds is 2. The second kappa shape index (κ2) is 4.43. The van der Waals surface area contributed by atoms with Gasteiger partial charge in [0.15, 0.2) is 0 Å². The van der Waals surface area contributed by atoms with Crippen LogP contribution in [0.3, 0.4) is 0 Å². The molecule has 2 aromatic heterocycles. The van der Waals surface area contributed by atoms with Crippen LogP contribution in [-0.4, -0.2) is 33.5 Å². The van der Waals surface area contributed by atoms with Crippen molar-refractivity contribution >= 4 is 12.6 Å². The van der Waals surface area contributed by atoms with Crippen molar-refractivity contribution in [1.29, 1.82) is 0 Å². The minimum Gasteiger partial charge on any atom is -0.399 e. The Balaban J connectivity index is 1.96. The average molecular weight is 271 g/mol. The molecule has 0 bridgehead atoms. The van der Waals surface area contributed by atoms with Gasteiger partial charge in [0.1, 0.15) is 0 Å². The van der Waals surface area contributed by atoms with Crippen molar-refractivity contribution in [3.63, 3.8) is 0 Å². The van der Waals surface area contributed by atoms with Gasteiger partial charge in [0.25, 0.3) is 0 Å². The largest absolute Gasteiger partial charge is 0.498 e. The summed E-state index contributed by atoms with van der Waals surface area (Å²) in [7, 11) is -0.434. The highest BCUT2D eigenvalue weighted by molar-refractivity contribution is 6.63. The van der Waals surface area contributed by atoms with E-state index in [1.807, 2.05) is 45.9 Å². The van der Waals surface area contributed by atoms with Crippen LogP contribution in [-0.2, 0) is 9.31 Å². The minimum atomic E-state index is -0.434. The molecule has 0 radical (unpaired) electrons. The van der Waals surface area contributed by atoms with E-state index in [9.17, 15) is 0 Å². The Morgan fingerprint density at radius 3 is 2.40 bits per heavy atom. The van der Waals surface area contributed by atoms with Crippen LogP contribution in [0.25, 0.3) is 11.4 Å². The molecule has 5 nitrogen and oxygen atoms in total. The van der Waals surface area contributed by atoms with Gasteiger partial charge in [-0.2, -0.15) is 5.10 Å². The summed E-state index contributed by atoms with van der Waals surface area (Å²) in [5, 5.41) is 7.09. The molecular weight excluding hydrogens is 253 g/mol. The molecule has 1 N–H and O–H groups in total. The Kier molecular flexibility index (Phi) is 2.95. The van der Waals surface area contributed by atoms with Crippen molar-refractivity contribution in [2.24, 2.45) is 0 Å². The molecule has 1 aliphatic heterocycles. The van der Waals surface area contributed by atoms with Gasteiger partial charge in [-0.05, 0) is 39.8 Å². The molecule has 20 heavy (non-hydrogen) atoms. The van der Waals surface area contributed by atoms with Crippen LogP contribution in [0.4, 0.5) is 0 Å². The van der Waals surface area contributed by atoms with Crippen LogP contribution in [0.2, 0.25) is 0 Å². The van der Waals surface area contributed by atoms with E-state index in [4.69, 9.17) is 9.31 Å². The monoisotopic (exact) mass is 271 g/mol. The van der Waals surface area contributed by atoms with Gasteiger partial charge in [-0.15, -0.1) is 0 Å². The molecule has 0 spiro atoms. The Labute approximate surface area is 118 Å². The number of aromatic nitrogens is 3. The van der Waals surface area contributed by atoms with E-state index in [0.717, 1.165) is 16.9 Å². The second-order valence-corrected chi connectivity index (χ2v) is 6.00. The van der Waals surface area contributed by atoms with E-state index < -0.39 is 7.12 Å². The maximum Gasteiger partial charge on any atom is 0.498 e. The molecule has 0 unspecified atom stereocenters. The fraction of sp³-hybridized carbons (Fsp3) is 0.429. The van der Waals surface area contributed by atoms with Crippen LogP contribution < -0.4 is 5.46 Å². The zero-order valence-electron chi connectivity index (χ0n) is 12.2. The first kappa shape index (κ1) is 13.3. The molecule has 6 heteroatoms. The zero-order valence-corrected chi connectivity index (χ0v) is 12.2. The van der Waals surface area contributed by atoms with Gasteiger partial charge in [0, 0.05) is 17.9 Å². The SMILES string of the molecule is CC1(C)OB(c2cn[nH]c2-c2ccccn2)OC1(C)C. The lowest BCUT2D eigenvalue weighted by atomic mass is 9.78. The molecule has 0 aromatic carbocycles. The normalized spacial score (nSPS) is 20.3. The molecule has 1 saturated heterocycles. The lowest BCUT2D eigenvalue weighted by molar-refractivity contribution is 0.00578. The zero-order chi connectivity index (χ0) is 14.4. The molecule has 2 aromatic rings. The first-order chi connectivity index (χ1) is 9.41. The third-order valence-electron chi connectivity index (χ3n) is 4.10. The highest BCUT2D eigenvalue weighted by Gasteiger charge is 2.52. The topological polar surface area (TPSA) is 60.0 Å². The fourth-order valence-electron chi connectivity index (χ4n) is 2.16. The molecule has 104 valence electrons. The van der Waals surface area contributed by atoms with Gasteiger partial charge in [-0.3, -0.25) is 10.1 Å². The molecule has 0 aliphatic carbocycles. The molecule has 0 atom stereocenters. The minimum absolute atomic E-state index is 0.365. The van der Waals surface area contributed by atoms with Crippen LogP contribution in [0.15, 0.2) is 30.6 Å². The summed E-state index contributed by atoms with van der Waals surface area (Å²) >= 11 is 0. The van der Waals surface area contributed by atoms with E-state index in [1.54, 1.807) is 12.4 Å². The molecule has 1 aliphatic rings. The van der Waals surface area contributed by atoms with Crippen LogP contribution >= 0.6 is 0 Å². The second-order valence-electron chi connectivity index (χ2n) is 6.00. The lowest BCUT2D eigenvalue weighted by Crippen LogP contribution is -2.41. The summed E-state index contributed by atoms with van der Waals surface area (Å²) in [5.41, 5.74) is 1.81. The standard InChI is InChI=1S/C14H18BN3O2/c1-13(2)14(3,4)20-15(19-13)10-9-17-18-12(10)11-7-5-6-8-16-11/h5-9H,1-4H3,(H,17,18). The predicted molar refractivity (Wildman–Crippen MR) is 77.5 cm³/mol. The van der Waals surface area contributed by atoms with Gasteiger partial charge in [-0.25, -0.2) is 0 Å². The van der Waals surface area contributed by atoms with Crippen LogP contribution in [0, 0.1) is 0 Å². The fourth-order valence-corrected chi connectivity index (χ4v) is 2.16. The van der Waals surface area contributed by atoms with Crippen molar-refractivity contribution in [1.82, 2.24) is 15.2 Å². The Morgan fingerprint density at radius 2 is 1.80 bits per heavy atom. The maximum atomic E-state index is 6.06. The third-order valence-corrected chi connectivity index (χ3v) is 4.10. The van der Waals surface area contributed by atoms with Crippen LogP contribution in [0.1, 0.15) is 27.7 Å². The van der Waals surface area contributed by atoms with Crippen molar-refractivity contribution in [2.75, 3.05) is 0 Å². The third kappa shape index (κ3) is 2.05. The Morgan fingerprint density at radius 1 is 1.10 bits per heavy atom. The highest BCUT2D eigenvalue weighted by Crippen LogP contribution is 2.36. The summed E-state index contributed by atoms with van der Waals surface area (Å²) in [4.78, 5) is 4.34. The van der Waals surface area contributed by atoms with E-state index >= 15 is 0 Å². The number of H-pyrrole nitrogens is 1. The summed E-state index contributed by atoms with van der Waals surface area (Å²) in [6, 6.07) is 5.76. The number of nitrogens with one attached hydrogen (secondary N) is 1. The Bertz CT molecular complexity index is 594. The van der Waals surface area contributed by atoms with Gasteiger partial charge >= 0.3 is 7.12 Å². The van der Waals surface area contributed by atoms with E-state index in [2.05, 4.69) is 15.2 Å². The van der Waals surface area contributed by atoms with Gasteiger partial charge in [-0.1, -0.05) is 6.07 Å². The number of hydrogen-bond donors (Lipinski definition) is 1. The van der Waals surface area contributed by atoms with Gasteiger partial charge < -0.3 is 9.31 Å². The lowest BCUT2D eigenvalue weighted by Gasteiger charge is -2.32. The van der Waals surface area contributed by atoms with Gasteiger partial charge in [0.05, 0.1) is 22.6 Å². The summed E-state index contributed by atoms with van der Waals surface area (Å²) in [6.45, 7) is 8.14. The van der Waals surface area contributed by atoms with Crippen molar-refractivity contribution in [3.8, 4) is 11.4 Å². The summed E-state index contributed by atoms with van der Waals surface area (Å²) in [5.74, 6) is 0. The van der Waals surface area contributed by atoms with Gasteiger partial charge in [0.2, 0.25) is 0 Å². The molecular formula is C14H18BN3O2. The first-order valence-electron chi connectivity index (χ1n) is 6.71. The van der Waals surface area contributed by atoms with E-state index in [1.165, 1.54) is 0 Å². The number of aromatic amines is 1. The summed E-state index contributed by atoms with van der Waals surface area (Å²) in [6.07, 6.45) is 3.50. The van der Waals surface area contributed by atoms with E-state index in [-0.39, 0.29) is 11.2 Å². The highest BCUT2D eigenvalue weighted by atomic mass is 16.7. The maximum absolute atomic E-state index is 6.06. The molecule has 0 amide bonds. The van der Waals surface area contributed by atoms with Crippen molar-refractivity contribution in [2.45, 2.75) is 38.9 Å². The van der Waals surface area contributed by atoms with Crippen LogP contribution in [0.5, 0.6) is 0 Å². The van der Waals surface area contributed by atoms with E-state index in [0.29, 0.717) is 0 Å². The number of pyridine rings is 1. The molecule has 3 rings (SSSR count). The first-order valence-corrected chi connectivity index (χ1v) is 6.71. The Hall–Kier alpha value is -1.66. The molecule has 3 heterocycles. The molecule has 0 saturated carbocycles. The number of nitrogens with zero attached hydrogens (tertiary/aromatic N) is 2. The number of hydrogen-bond acceptors (Lipinski definition) is 4. The average Bonchev–Trinajstić information content (AvgIpc) is 2.94. The van der Waals surface area contributed by atoms with Crippen molar-refractivity contribution in [3.05, 3.63) is 30.6 Å². The smallest absolute Gasteiger partial charge is 0.399 e.